The fourth-order valence-corrected chi connectivity index (χ4v) is 3.56. The zero-order chi connectivity index (χ0) is 24.6. The van der Waals surface area contributed by atoms with Crippen molar-refractivity contribution in [2.24, 2.45) is 0 Å². The predicted molar refractivity (Wildman–Crippen MR) is 133 cm³/mol. The van der Waals surface area contributed by atoms with Crippen molar-refractivity contribution in [2.45, 2.75) is 6.42 Å². The number of carbonyl (C=O) groups excluding carboxylic acids is 2. The van der Waals surface area contributed by atoms with Crippen molar-refractivity contribution >= 4 is 11.8 Å². The smallest absolute Gasteiger partial charge is 0.271 e. The molecule has 3 N–H and O–H groups in total. The predicted octanol–water partition coefficient (Wildman–Crippen LogP) is 3.80. The fourth-order valence-electron chi connectivity index (χ4n) is 3.56. The van der Waals surface area contributed by atoms with Gasteiger partial charge in [0.15, 0.2) is 5.69 Å². The van der Waals surface area contributed by atoms with Crippen LogP contribution in [0.1, 0.15) is 27.3 Å². The van der Waals surface area contributed by atoms with Crippen LogP contribution in [-0.4, -0.2) is 46.9 Å². The van der Waals surface area contributed by atoms with Gasteiger partial charge in [-0.25, -0.2) is 4.68 Å². The second-order valence-corrected chi connectivity index (χ2v) is 7.81. The highest BCUT2D eigenvalue weighted by molar-refractivity contribution is 5.94. The first-order valence-electron chi connectivity index (χ1n) is 11.2. The van der Waals surface area contributed by atoms with E-state index >= 15 is 0 Å². The van der Waals surface area contributed by atoms with Gasteiger partial charge < -0.3 is 20.5 Å². The highest BCUT2D eigenvalue weighted by atomic mass is 16.5. The first-order valence-corrected chi connectivity index (χ1v) is 11.2. The van der Waals surface area contributed by atoms with E-state index in [1.54, 1.807) is 30.0 Å². The SMILES string of the molecule is COc1ccc(-c2cc(C(=O)NCCCNC(=O)c3cccc(O)c3)nn2-c2ccccc2)cc1. The number of ether oxygens (including phenoxy) is 1. The number of nitrogens with one attached hydrogen (secondary N) is 2. The molecule has 1 aromatic heterocycles. The van der Waals surface area contributed by atoms with Crippen LogP contribution < -0.4 is 15.4 Å². The van der Waals surface area contributed by atoms with Gasteiger partial charge in [-0.05, 0) is 67.1 Å². The van der Waals surface area contributed by atoms with E-state index in [-0.39, 0.29) is 17.6 Å². The number of aromatic hydroxyl groups is 1. The minimum absolute atomic E-state index is 0.0360. The largest absolute Gasteiger partial charge is 0.508 e. The Hall–Kier alpha value is -4.59. The second kappa shape index (κ2) is 11.0. The number of carbonyl (C=O) groups is 2. The number of phenols is 1. The van der Waals surface area contributed by atoms with Crippen LogP contribution in [0.15, 0.2) is 84.9 Å². The number of benzene rings is 3. The Labute approximate surface area is 203 Å². The zero-order valence-electron chi connectivity index (χ0n) is 19.3. The van der Waals surface area contributed by atoms with Crippen LogP contribution in [0.2, 0.25) is 0 Å². The highest BCUT2D eigenvalue weighted by Crippen LogP contribution is 2.26. The number of phenolic OH excluding ortho intramolecular Hbond substituents is 1. The van der Waals surface area contributed by atoms with Crippen LogP contribution in [0.4, 0.5) is 0 Å². The summed E-state index contributed by atoms with van der Waals surface area (Å²) in [6.45, 7) is 0.750. The molecule has 0 atom stereocenters. The average molecular weight is 471 g/mol. The Morgan fingerprint density at radius 2 is 1.60 bits per heavy atom. The number of aromatic nitrogens is 2. The van der Waals surface area contributed by atoms with Crippen LogP contribution in [-0.2, 0) is 0 Å². The summed E-state index contributed by atoms with van der Waals surface area (Å²) in [6, 6.07) is 25.1. The second-order valence-electron chi connectivity index (χ2n) is 7.81. The molecule has 8 heteroatoms. The normalized spacial score (nSPS) is 10.5. The third-order valence-corrected chi connectivity index (χ3v) is 5.36. The summed E-state index contributed by atoms with van der Waals surface area (Å²) in [4.78, 5) is 24.9. The van der Waals surface area contributed by atoms with Crippen molar-refractivity contribution in [1.29, 1.82) is 0 Å². The van der Waals surface area contributed by atoms with E-state index in [1.807, 2.05) is 54.6 Å². The third-order valence-electron chi connectivity index (χ3n) is 5.36. The van der Waals surface area contributed by atoms with Gasteiger partial charge in [0.2, 0.25) is 0 Å². The van der Waals surface area contributed by atoms with E-state index in [2.05, 4.69) is 15.7 Å². The molecule has 2 amide bonds. The lowest BCUT2D eigenvalue weighted by Crippen LogP contribution is -2.30. The molecule has 35 heavy (non-hydrogen) atoms. The molecule has 0 saturated heterocycles. The van der Waals surface area contributed by atoms with Gasteiger partial charge in [0.1, 0.15) is 11.5 Å². The van der Waals surface area contributed by atoms with Crippen LogP contribution >= 0.6 is 0 Å². The Balaban J connectivity index is 1.40. The Kier molecular flexibility index (Phi) is 7.42. The maximum Gasteiger partial charge on any atom is 0.271 e. The van der Waals surface area contributed by atoms with E-state index in [4.69, 9.17) is 4.74 Å². The monoisotopic (exact) mass is 470 g/mol. The zero-order valence-corrected chi connectivity index (χ0v) is 19.3. The molecule has 4 aromatic rings. The van der Waals surface area contributed by atoms with Crippen molar-refractivity contribution in [3.05, 3.63) is 96.2 Å². The van der Waals surface area contributed by atoms with Gasteiger partial charge in [-0.15, -0.1) is 0 Å². The molecule has 4 rings (SSSR count). The first kappa shape index (κ1) is 23.6. The lowest BCUT2D eigenvalue weighted by molar-refractivity contribution is 0.0947. The maximum absolute atomic E-state index is 12.8. The van der Waals surface area contributed by atoms with E-state index in [9.17, 15) is 14.7 Å². The van der Waals surface area contributed by atoms with Crippen LogP contribution in [0.3, 0.4) is 0 Å². The van der Waals surface area contributed by atoms with Crippen molar-refractivity contribution in [1.82, 2.24) is 20.4 Å². The molecular formula is C27H26N4O4. The van der Waals surface area contributed by atoms with Crippen LogP contribution in [0.5, 0.6) is 11.5 Å². The third kappa shape index (κ3) is 5.86. The van der Waals surface area contributed by atoms with Gasteiger partial charge in [0.25, 0.3) is 11.8 Å². The molecule has 0 radical (unpaired) electrons. The molecular weight excluding hydrogens is 444 g/mol. The van der Waals surface area contributed by atoms with Crippen molar-refractivity contribution in [2.75, 3.05) is 20.2 Å². The standard InChI is InChI=1S/C27H26N4O4/c1-35-23-13-11-19(12-14-23)25-18-24(30-31(25)21-8-3-2-4-9-21)27(34)29-16-6-15-28-26(33)20-7-5-10-22(32)17-20/h2-5,7-14,17-18,32H,6,15-16H2,1H3,(H,28,33)(H,29,34). The molecule has 0 fully saturated rings. The lowest BCUT2D eigenvalue weighted by atomic mass is 10.1. The molecule has 0 aliphatic carbocycles. The summed E-state index contributed by atoms with van der Waals surface area (Å²) in [6.07, 6.45) is 0.543. The van der Waals surface area contributed by atoms with Crippen molar-refractivity contribution < 1.29 is 19.4 Å². The number of rotatable bonds is 9. The molecule has 178 valence electrons. The van der Waals surface area contributed by atoms with E-state index in [0.717, 1.165) is 22.7 Å². The number of hydrogen-bond acceptors (Lipinski definition) is 5. The molecule has 8 nitrogen and oxygen atoms in total. The summed E-state index contributed by atoms with van der Waals surface area (Å²) in [5.41, 5.74) is 3.19. The molecule has 0 aliphatic heterocycles. The fraction of sp³-hybridized carbons (Fsp3) is 0.148. The summed E-state index contributed by atoms with van der Waals surface area (Å²) in [5, 5.41) is 19.7. The quantitative estimate of drug-likeness (QED) is 0.323. The first-order chi connectivity index (χ1) is 17.0. The minimum atomic E-state index is -0.297. The number of methoxy groups -OCH3 is 1. The van der Waals surface area contributed by atoms with Gasteiger partial charge in [0, 0.05) is 24.2 Å². The molecule has 0 saturated carbocycles. The van der Waals surface area contributed by atoms with E-state index in [0.29, 0.717) is 30.8 Å². The molecule has 0 bridgehead atoms. The van der Waals surface area contributed by atoms with Crippen molar-refractivity contribution in [3.8, 4) is 28.4 Å². The van der Waals surface area contributed by atoms with E-state index in [1.165, 1.54) is 12.1 Å². The Morgan fingerprint density at radius 3 is 2.29 bits per heavy atom. The Bertz CT molecular complexity index is 1300. The summed E-state index contributed by atoms with van der Waals surface area (Å²) >= 11 is 0. The van der Waals surface area contributed by atoms with Gasteiger partial charge in [-0.2, -0.15) is 5.10 Å². The summed E-state index contributed by atoms with van der Waals surface area (Å²) in [7, 11) is 1.61. The number of hydrogen-bond donors (Lipinski definition) is 3. The summed E-state index contributed by atoms with van der Waals surface area (Å²) in [5.74, 6) is 0.203. The number of para-hydroxylation sites is 1. The topological polar surface area (TPSA) is 105 Å². The minimum Gasteiger partial charge on any atom is -0.508 e. The van der Waals surface area contributed by atoms with Crippen molar-refractivity contribution in [3.63, 3.8) is 0 Å². The number of nitrogens with zero attached hydrogens (tertiary/aromatic N) is 2. The van der Waals surface area contributed by atoms with Gasteiger partial charge >= 0.3 is 0 Å². The van der Waals surface area contributed by atoms with Gasteiger partial charge in [-0.1, -0.05) is 24.3 Å². The van der Waals surface area contributed by atoms with Crippen LogP contribution in [0.25, 0.3) is 16.9 Å². The molecule has 3 aromatic carbocycles. The molecule has 1 heterocycles. The molecule has 0 unspecified atom stereocenters. The summed E-state index contributed by atoms with van der Waals surface area (Å²) < 4.78 is 6.99. The number of amides is 2. The molecule has 0 aliphatic rings. The van der Waals surface area contributed by atoms with Gasteiger partial charge in [-0.3, -0.25) is 9.59 Å². The van der Waals surface area contributed by atoms with Crippen LogP contribution in [0, 0.1) is 0 Å². The lowest BCUT2D eigenvalue weighted by Gasteiger charge is -2.08. The maximum atomic E-state index is 12.8. The van der Waals surface area contributed by atoms with E-state index < -0.39 is 0 Å². The molecule has 0 spiro atoms. The van der Waals surface area contributed by atoms with Gasteiger partial charge in [0.05, 0.1) is 18.5 Å². The average Bonchev–Trinajstić information content (AvgIpc) is 3.34. The Morgan fingerprint density at radius 1 is 0.886 bits per heavy atom. The highest BCUT2D eigenvalue weighted by Gasteiger charge is 2.17.